The maximum absolute atomic E-state index is 12.1. The van der Waals surface area contributed by atoms with E-state index >= 15 is 0 Å². The Hall–Kier alpha value is -2.96. The van der Waals surface area contributed by atoms with E-state index in [-0.39, 0.29) is 38.7 Å². The number of hydrogen-bond donors (Lipinski definition) is 4. The normalized spacial score (nSPS) is 15.6. The second kappa shape index (κ2) is 7.11. The summed E-state index contributed by atoms with van der Waals surface area (Å²) in [5.41, 5.74) is 0.950. The second-order valence-corrected chi connectivity index (χ2v) is 6.19. The van der Waals surface area contributed by atoms with Crippen LogP contribution in [0.3, 0.4) is 0 Å². The first-order chi connectivity index (χ1) is 12.3. The number of carbonyl (C=O) groups is 1. The van der Waals surface area contributed by atoms with Gasteiger partial charge in [-0.3, -0.25) is 4.79 Å². The third-order valence-electron chi connectivity index (χ3n) is 3.47. The van der Waals surface area contributed by atoms with Crippen molar-refractivity contribution in [3.05, 3.63) is 70.1 Å². The standard InChI is InChI=1S/C18H12Cl2N2O4/c19-11-5-9(23)1-3-13(11)21-15-7-16(18(26)8-17(15)25)22-14-4-2-10(24)6-12(14)20/h1-8,21,23-24,26H/b22-16+. The van der Waals surface area contributed by atoms with Gasteiger partial charge in [-0.15, -0.1) is 0 Å². The van der Waals surface area contributed by atoms with Gasteiger partial charge >= 0.3 is 0 Å². The molecule has 2 aromatic carbocycles. The lowest BCUT2D eigenvalue weighted by Crippen LogP contribution is -2.18. The number of phenolic OH excluding ortho intramolecular Hbond substituents is 2. The lowest BCUT2D eigenvalue weighted by atomic mass is 10.1. The van der Waals surface area contributed by atoms with E-state index < -0.39 is 5.78 Å². The molecule has 0 saturated carbocycles. The predicted molar refractivity (Wildman–Crippen MR) is 101 cm³/mol. The minimum atomic E-state index is -0.470. The van der Waals surface area contributed by atoms with E-state index in [4.69, 9.17) is 23.2 Å². The first-order valence-electron chi connectivity index (χ1n) is 7.33. The van der Waals surface area contributed by atoms with E-state index in [0.29, 0.717) is 11.4 Å². The smallest absolute Gasteiger partial charge is 0.205 e. The molecule has 0 bridgehead atoms. The lowest BCUT2D eigenvalue weighted by Gasteiger charge is -2.15. The molecule has 0 saturated heterocycles. The predicted octanol–water partition coefficient (Wildman–Crippen LogP) is 4.50. The fourth-order valence-corrected chi connectivity index (χ4v) is 2.65. The summed E-state index contributed by atoms with van der Waals surface area (Å²) in [6.45, 7) is 0. The molecular weight excluding hydrogens is 379 g/mol. The molecule has 0 amide bonds. The zero-order chi connectivity index (χ0) is 18.8. The fourth-order valence-electron chi connectivity index (χ4n) is 2.21. The van der Waals surface area contributed by atoms with Crippen LogP contribution in [0.15, 0.2) is 65.0 Å². The molecule has 0 aliphatic heterocycles. The minimum Gasteiger partial charge on any atom is -0.508 e. The van der Waals surface area contributed by atoms with Gasteiger partial charge in [0.2, 0.25) is 5.78 Å². The van der Waals surface area contributed by atoms with Crippen molar-refractivity contribution >= 4 is 46.1 Å². The Morgan fingerprint density at radius 2 is 1.54 bits per heavy atom. The Balaban J connectivity index is 1.96. The first kappa shape index (κ1) is 17.8. The molecule has 26 heavy (non-hydrogen) atoms. The quantitative estimate of drug-likeness (QED) is 0.456. The largest absolute Gasteiger partial charge is 0.508 e. The second-order valence-electron chi connectivity index (χ2n) is 5.37. The van der Waals surface area contributed by atoms with Gasteiger partial charge in [0.15, 0.2) is 0 Å². The van der Waals surface area contributed by atoms with Crippen LogP contribution in [0.1, 0.15) is 0 Å². The van der Waals surface area contributed by atoms with Gasteiger partial charge in [0, 0.05) is 18.2 Å². The van der Waals surface area contributed by atoms with Crippen molar-refractivity contribution in [2.24, 2.45) is 4.99 Å². The number of halogens is 2. The maximum Gasteiger partial charge on any atom is 0.205 e. The number of phenols is 2. The van der Waals surface area contributed by atoms with E-state index in [1.54, 1.807) is 0 Å². The molecule has 6 nitrogen and oxygen atoms in total. The maximum atomic E-state index is 12.1. The average molecular weight is 391 g/mol. The summed E-state index contributed by atoms with van der Waals surface area (Å²) in [6.07, 6.45) is 2.37. The van der Waals surface area contributed by atoms with Gasteiger partial charge in [-0.1, -0.05) is 23.2 Å². The highest BCUT2D eigenvalue weighted by molar-refractivity contribution is 6.34. The van der Waals surface area contributed by atoms with Gasteiger partial charge in [-0.05, 0) is 30.3 Å². The Kier molecular flexibility index (Phi) is 4.88. The zero-order valence-corrected chi connectivity index (χ0v) is 14.6. The van der Waals surface area contributed by atoms with Crippen molar-refractivity contribution < 1.29 is 20.1 Å². The summed E-state index contributed by atoms with van der Waals surface area (Å²) in [6, 6.07) is 8.45. The minimum absolute atomic E-state index is 0.00809. The van der Waals surface area contributed by atoms with Crippen LogP contribution in [0.4, 0.5) is 11.4 Å². The van der Waals surface area contributed by atoms with Crippen molar-refractivity contribution in [2.75, 3.05) is 5.32 Å². The highest BCUT2D eigenvalue weighted by Crippen LogP contribution is 2.31. The highest BCUT2D eigenvalue weighted by atomic mass is 35.5. The van der Waals surface area contributed by atoms with Crippen LogP contribution in [0.5, 0.6) is 11.5 Å². The van der Waals surface area contributed by atoms with Crippen LogP contribution in [0.2, 0.25) is 10.0 Å². The van der Waals surface area contributed by atoms with Crippen LogP contribution in [0.25, 0.3) is 0 Å². The first-order valence-corrected chi connectivity index (χ1v) is 8.09. The van der Waals surface area contributed by atoms with E-state index in [0.717, 1.165) is 6.08 Å². The van der Waals surface area contributed by atoms with Gasteiger partial charge in [0.1, 0.15) is 23.0 Å². The van der Waals surface area contributed by atoms with Crippen molar-refractivity contribution in [3.8, 4) is 11.5 Å². The SMILES string of the molecule is O=C1C=C(O)/C(=N/c2ccc(O)cc2Cl)C=C1Nc1ccc(O)cc1Cl. The molecule has 0 radical (unpaired) electrons. The molecule has 0 fully saturated rings. The summed E-state index contributed by atoms with van der Waals surface area (Å²) in [4.78, 5) is 16.3. The van der Waals surface area contributed by atoms with E-state index in [1.807, 2.05) is 0 Å². The number of aliphatic hydroxyl groups is 1. The average Bonchev–Trinajstić information content (AvgIpc) is 2.56. The number of ketones is 1. The molecule has 0 spiro atoms. The number of carbonyl (C=O) groups excluding carboxylic acids is 1. The summed E-state index contributed by atoms with van der Waals surface area (Å²) >= 11 is 12.0. The molecule has 0 unspecified atom stereocenters. The molecule has 132 valence electrons. The van der Waals surface area contributed by atoms with Crippen molar-refractivity contribution in [2.45, 2.75) is 0 Å². The molecule has 4 N–H and O–H groups in total. The van der Waals surface area contributed by atoms with Gasteiger partial charge < -0.3 is 20.6 Å². The number of allylic oxidation sites excluding steroid dienone is 2. The Bertz CT molecular complexity index is 997. The van der Waals surface area contributed by atoms with Gasteiger partial charge in [-0.25, -0.2) is 4.99 Å². The number of anilines is 1. The van der Waals surface area contributed by atoms with Crippen molar-refractivity contribution in [3.63, 3.8) is 0 Å². The van der Waals surface area contributed by atoms with Gasteiger partial charge in [0.05, 0.1) is 27.1 Å². The van der Waals surface area contributed by atoms with E-state index in [2.05, 4.69) is 10.3 Å². The summed E-state index contributed by atoms with van der Waals surface area (Å²) < 4.78 is 0. The number of aliphatic imine (C=N–C) groups is 1. The van der Waals surface area contributed by atoms with E-state index in [9.17, 15) is 20.1 Å². The number of rotatable bonds is 3. The number of aromatic hydroxyl groups is 2. The van der Waals surface area contributed by atoms with Crippen molar-refractivity contribution in [1.29, 1.82) is 0 Å². The van der Waals surface area contributed by atoms with Crippen LogP contribution in [-0.4, -0.2) is 26.8 Å². The Morgan fingerprint density at radius 1 is 0.885 bits per heavy atom. The highest BCUT2D eigenvalue weighted by Gasteiger charge is 2.20. The number of nitrogens with zero attached hydrogens (tertiary/aromatic N) is 1. The molecule has 0 heterocycles. The third-order valence-corrected chi connectivity index (χ3v) is 4.09. The molecule has 2 aromatic rings. The summed E-state index contributed by atoms with van der Waals surface area (Å²) in [5, 5.41) is 32.0. The molecule has 0 atom stereocenters. The summed E-state index contributed by atoms with van der Waals surface area (Å²) in [5.74, 6) is -0.812. The van der Waals surface area contributed by atoms with E-state index in [1.165, 1.54) is 42.5 Å². The van der Waals surface area contributed by atoms with Crippen LogP contribution >= 0.6 is 23.2 Å². The monoisotopic (exact) mass is 390 g/mol. The zero-order valence-electron chi connectivity index (χ0n) is 13.1. The van der Waals surface area contributed by atoms with Crippen molar-refractivity contribution in [1.82, 2.24) is 0 Å². The summed E-state index contributed by atoms with van der Waals surface area (Å²) in [7, 11) is 0. The third kappa shape index (κ3) is 3.82. The lowest BCUT2D eigenvalue weighted by molar-refractivity contribution is -0.111. The molecule has 3 rings (SSSR count). The number of benzene rings is 2. The fraction of sp³-hybridized carbons (Fsp3) is 0. The molecule has 1 aliphatic rings. The number of aliphatic hydroxyl groups excluding tert-OH is 1. The van der Waals surface area contributed by atoms with Crippen LogP contribution in [0, 0.1) is 0 Å². The number of hydrogen-bond acceptors (Lipinski definition) is 6. The molecule has 1 aliphatic carbocycles. The Morgan fingerprint density at radius 3 is 2.19 bits per heavy atom. The van der Waals surface area contributed by atoms with Gasteiger partial charge in [0.25, 0.3) is 0 Å². The van der Waals surface area contributed by atoms with Crippen LogP contribution in [-0.2, 0) is 4.79 Å². The Labute approximate surface area is 158 Å². The molecule has 0 aromatic heterocycles. The van der Waals surface area contributed by atoms with Crippen LogP contribution < -0.4 is 5.32 Å². The molecular formula is C18H12Cl2N2O4. The topological polar surface area (TPSA) is 102 Å². The number of nitrogens with one attached hydrogen (secondary N) is 1. The molecule has 8 heteroatoms. The van der Waals surface area contributed by atoms with Gasteiger partial charge in [-0.2, -0.15) is 0 Å².